The molecule has 2 heterocycles. The summed E-state index contributed by atoms with van der Waals surface area (Å²) in [7, 11) is 0. The molecule has 2 aliphatic carbocycles. The zero-order valence-corrected chi connectivity index (χ0v) is 33.4. The van der Waals surface area contributed by atoms with Gasteiger partial charge in [0.2, 0.25) is 5.69 Å². The van der Waals surface area contributed by atoms with E-state index in [2.05, 4.69) is 209 Å². The second-order valence-electron chi connectivity index (χ2n) is 16.4. The van der Waals surface area contributed by atoms with Crippen molar-refractivity contribution in [2.24, 2.45) is 0 Å². The van der Waals surface area contributed by atoms with Crippen LogP contribution in [0.2, 0.25) is 0 Å². The van der Waals surface area contributed by atoms with Gasteiger partial charge in [-0.25, -0.2) is 4.85 Å². The molecule has 286 valence electrons. The number of benzene rings is 9. The van der Waals surface area contributed by atoms with Crippen LogP contribution in [-0.4, -0.2) is 9.13 Å². The summed E-state index contributed by atoms with van der Waals surface area (Å²) < 4.78 is 4.70. The average Bonchev–Trinajstić information content (AvgIpc) is 4.06. The van der Waals surface area contributed by atoms with Gasteiger partial charge in [0.15, 0.2) is 0 Å². The molecule has 0 fully saturated rings. The van der Waals surface area contributed by atoms with Crippen molar-refractivity contribution < 1.29 is 0 Å². The number of fused-ring (bicyclic) bond motifs is 12. The van der Waals surface area contributed by atoms with Gasteiger partial charge in [0, 0.05) is 38.9 Å². The van der Waals surface area contributed by atoms with Crippen LogP contribution in [-0.2, 0) is 0 Å². The third-order valence-corrected chi connectivity index (χ3v) is 13.6. The second kappa shape index (κ2) is 13.0. The zero-order valence-electron chi connectivity index (χ0n) is 33.4. The van der Waals surface area contributed by atoms with Gasteiger partial charge in [-0.05, 0) is 74.3 Å². The fraction of sp³-hybridized carbons (Fsp3) is 0.0345. The van der Waals surface area contributed by atoms with Crippen molar-refractivity contribution in [3.05, 3.63) is 244 Å². The molecule has 0 amide bonds. The lowest BCUT2D eigenvalue weighted by Crippen LogP contribution is -2.17. The average molecular weight is 787 g/mol. The van der Waals surface area contributed by atoms with E-state index in [0.717, 1.165) is 99.5 Å². The summed E-state index contributed by atoms with van der Waals surface area (Å²) in [4.78, 5) is 4.70. The third kappa shape index (κ3) is 4.48. The maximum Gasteiger partial charge on any atom is 0.216 e. The van der Waals surface area contributed by atoms with E-state index in [4.69, 9.17) is 4.85 Å². The third-order valence-electron chi connectivity index (χ3n) is 13.6. The number of aromatic nitrogens is 2. The van der Waals surface area contributed by atoms with E-state index in [1.807, 2.05) is 0 Å². The topological polar surface area (TPSA) is 38.0 Å². The number of nitrogens with zero attached hydrogens (tertiary/aromatic N) is 4. The van der Waals surface area contributed by atoms with Gasteiger partial charge < -0.3 is 9.13 Å². The Balaban J connectivity index is 1.34. The molecule has 2 aromatic heterocycles. The van der Waals surface area contributed by atoms with Crippen molar-refractivity contribution in [3.63, 3.8) is 0 Å². The minimum atomic E-state index is -0.378. The second-order valence-corrected chi connectivity index (χ2v) is 16.4. The van der Waals surface area contributed by atoms with Crippen LogP contribution in [0, 0.1) is 17.9 Å². The first kappa shape index (κ1) is 34.4. The maximum atomic E-state index is 12.2. The van der Waals surface area contributed by atoms with Crippen molar-refractivity contribution in [3.8, 4) is 39.7 Å². The summed E-state index contributed by atoms with van der Waals surface area (Å²) in [6.45, 7) is 9.51. The van der Waals surface area contributed by atoms with Crippen LogP contribution in [0.15, 0.2) is 194 Å². The van der Waals surface area contributed by atoms with Crippen LogP contribution >= 0.6 is 0 Å². The van der Waals surface area contributed by atoms with Gasteiger partial charge >= 0.3 is 0 Å². The molecule has 0 spiro atoms. The van der Waals surface area contributed by atoms with Crippen LogP contribution < -0.4 is 0 Å². The SMILES string of the molecule is [C-]#[N+]c1c(C2c3ccccc3-c3ccccc32)c(C#N)c(-n2c3ccccc3c3ccccc32)c(C2c3ccccc3-c3ccccc32)c1-n1c2ccccc2c2ccccc21. The van der Waals surface area contributed by atoms with Crippen molar-refractivity contribution in [2.75, 3.05) is 0 Å². The van der Waals surface area contributed by atoms with Crippen LogP contribution in [0.3, 0.4) is 0 Å². The molecule has 0 saturated carbocycles. The van der Waals surface area contributed by atoms with E-state index in [-0.39, 0.29) is 11.8 Å². The molecule has 2 aliphatic rings. The molecule has 11 aromatic rings. The summed E-state index contributed by atoms with van der Waals surface area (Å²) >= 11 is 0. The Hall–Kier alpha value is -8.44. The molecule has 0 saturated heterocycles. The van der Waals surface area contributed by atoms with Gasteiger partial charge in [-0.3, -0.25) is 0 Å². The van der Waals surface area contributed by atoms with E-state index in [1.165, 1.54) is 11.1 Å². The number of nitriles is 1. The van der Waals surface area contributed by atoms with Gasteiger partial charge in [-0.15, -0.1) is 0 Å². The van der Waals surface area contributed by atoms with Gasteiger partial charge in [0.25, 0.3) is 0 Å². The molecule has 0 radical (unpaired) electrons. The Morgan fingerprint density at radius 1 is 0.387 bits per heavy atom. The molecule has 4 heteroatoms. The highest BCUT2D eigenvalue weighted by molar-refractivity contribution is 6.12. The van der Waals surface area contributed by atoms with Crippen LogP contribution in [0.1, 0.15) is 50.8 Å². The maximum absolute atomic E-state index is 12.2. The standard InChI is InChI=1S/C58H34N4/c1-60-56-54(52-43-26-6-2-18-35(43)36-19-3-7-27-44(36)52)47(34-59)57(61-48-30-14-10-22-39(48)40-23-11-15-31-49(40)61)55(53-45-28-8-4-20-37(45)38-21-5-9-29-46(38)53)58(56)62-50-32-16-12-24-41(50)42-25-13-17-33-51(42)62/h2-33,52-53H. The Morgan fingerprint density at radius 3 is 1.05 bits per heavy atom. The number of hydrogen-bond acceptors (Lipinski definition) is 1. The monoisotopic (exact) mass is 786 g/mol. The van der Waals surface area contributed by atoms with Gasteiger partial charge in [0.1, 0.15) is 6.07 Å². The molecule has 62 heavy (non-hydrogen) atoms. The molecule has 0 bridgehead atoms. The van der Waals surface area contributed by atoms with Crippen LogP contribution in [0.4, 0.5) is 5.69 Å². The van der Waals surface area contributed by atoms with E-state index >= 15 is 0 Å². The lowest BCUT2D eigenvalue weighted by molar-refractivity contribution is 0.933. The molecule has 0 N–H and O–H groups in total. The number of para-hydroxylation sites is 4. The van der Waals surface area contributed by atoms with E-state index < -0.39 is 0 Å². The van der Waals surface area contributed by atoms with E-state index in [0.29, 0.717) is 11.3 Å². The minimum absolute atomic E-state index is 0.322. The van der Waals surface area contributed by atoms with Crippen molar-refractivity contribution in [2.45, 2.75) is 11.8 Å². The largest absolute Gasteiger partial charge is 0.319 e. The van der Waals surface area contributed by atoms with Crippen molar-refractivity contribution in [1.29, 1.82) is 5.26 Å². The molecular weight excluding hydrogens is 753 g/mol. The highest BCUT2D eigenvalue weighted by Crippen LogP contribution is 2.59. The van der Waals surface area contributed by atoms with Gasteiger partial charge in [-0.1, -0.05) is 170 Å². The predicted octanol–water partition coefficient (Wildman–Crippen LogP) is 14.6. The first-order valence-electron chi connectivity index (χ1n) is 21.1. The molecule has 9 aromatic carbocycles. The molecule has 0 unspecified atom stereocenters. The van der Waals surface area contributed by atoms with E-state index in [1.54, 1.807) is 0 Å². The van der Waals surface area contributed by atoms with E-state index in [9.17, 15) is 11.8 Å². The highest BCUT2D eigenvalue weighted by atomic mass is 15.0. The van der Waals surface area contributed by atoms with Gasteiger partial charge in [0.05, 0.1) is 45.6 Å². The fourth-order valence-electron chi connectivity index (χ4n) is 11.2. The quantitative estimate of drug-likeness (QED) is 0.164. The zero-order chi connectivity index (χ0) is 41.1. The van der Waals surface area contributed by atoms with Crippen molar-refractivity contribution >= 4 is 49.3 Å². The predicted molar refractivity (Wildman–Crippen MR) is 252 cm³/mol. The number of rotatable bonds is 4. The molecule has 4 nitrogen and oxygen atoms in total. The molecule has 13 rings (SSSR count). The summed E-state index contributed by atoms with van der Waals surface area (Å²) in [6.07, 6.45) is 0. The van der Waals surface area contributed by atoms with Crippen LogP contribution in [0.25, 0.3) is 82.1 Å². The van der Waals surface area contributed by atoms with Crippen molar-refractivity contribution in [1.82, 2.24) is 9.13 Å². The molecular formula is C58H34N4. The lowest BCUT2D eigenvalue weighted by atomic mass is 9.78. The fourth-order valence-corrected chi connectivity index (χ4v) is 11.2. The molecule has 0 atom stereocenters. The normalized spacial score (nSPS) is 13.0. The van der Waals surface area contributed by atoms with Gasteiger partial charge in [-0.2, -0.15) is 5.26 Å². The smallest absolute Gasteiger partial charge is 0.216 e. The summed E-state index contributed by atoms with van der Waals surface area (Å²) in [5.41, 5.74) is 17.4. The molecule has 0 aliphatic heterocycles. The summed E-state index contributed by atoms with van der Waals surface area (Å²) in [5, 5.41) is 16.6. The Labute approximate surface area is 358 Å². The Bertz CT molecular complexity index is 3460. The lowest BCUT2D eigenvalue weighted by Gasteiger charge is -2.31. The summed E-state index contributed by atoms with van der Waals surface area (Å²) in [6, 6.07) is 71.6. The highest BCUT2D eigenvalue weighted by Gasteiger charge is 2.42. The van der Waals surface area contributed by atoms with Crippen LogP contribution in [0.5, 0.6) is 0 Å². The summed E-state index contributed by atoms with van der Waals surface area (Å²) in [5.74, 6) is -0.700. The minimum Gasteiger partial charge on any atom is -0.319 e. The first-order chi connectivity index (χ1) is 30.8. The Kier molecular flexibility index (Phi) is 7.23. The number of hydrogen-bond donors (Lipinski definition) is 0. The Morgan fingerprint density at radius 2 is 0.694 bits per heavy atom. The first-order valence-corrected chi connectivity index (χ1v) is 21.1.